The summed E-state index contributed by atoms with van der Waals surface area (Å²) in [6, 6.07) is 15.4. The van der Waals surface area contributed by atoms with Gasteiger partial charge in [0.05, 0.1) is 11.3 Å². The van der Waals surface area contributed by atoms with Gasteiger partial charge in [0.15, 0.2) is 0 Å². The molecule has 25 heavy (non-hydrogen) atoms. The van der Waals surface area contributed by atoms with Crippen LogP contribution in [0.1, 0.15) is 12.5 Å². The third-order valence-corrected chi connectivity index (χ3v) is 4.97. The van der Waals surface area contributed by atoms with E-state index in [9.17, 15) is 4.79 Å². The number of nitrogens with zero attached hydrogens (tertiary/aromatic N) is 2. The average Bonchev–Trinajstić information content (AvgIpc) is 3.09. The van der Waals surface area contributed by atoms with E-state index in [-0.39, 0.29) is 11.7 Å². The lowest BCUT2D eigenvalue weighted by Gasteiger charge is -2.05. The van der Waals surface area contributed by atoms with Crippen LogP contribution in [0.5, 0.6) is 0 Å². The van der Waals surface area contributed by atoms with Crippen LogP contribution < -0.4 is 5.32 Å². The zero-order valence-corrected chi connectivity index (χ0v) is 15.9. The number of amides is 1. The molecule has 0 aliphatic heterocycles. The Bertz CT molecular complexity index is 882. The molecule has 0 aliphatic rings. The van der Waals surface area contributed by atoms with Crippen molar-refractivity contribution in [3.8, 4) is 11.5 Å². The maximum Gasteiger partial charge on any atom is 0.277 e. The quantitative estimate of drug-likeness (QED) is 0.583. The minimum absolute atomic E-state index is 0.112. The van der Waals surface area contributed by atoms with Crippen molar-refractivity contribution in [3.05, 3.63) is 58.6 Å². The van der Waals surface area contributed by atoms with Crippen LogP contribution in [-0.2, 0) is 11.2 Å². The first-order valence-corrected chi connectivity index (χ1v) is 9.53. The molecule has 0 atom stereocenters. The number of thioether (sulfide) groups is 1. The van der Waals surface area contributed by atoms with Gasteiger partial charge in [-0.1, -0.05) is 43.0 Å². The van der Waals surface area contributed by atoms with Gasteiger partial charge in [0.2, 0.25) is 11.8 Å². The minimum Gasteiger partial charge on any atom is -0.411 e. The van der Waals surface area contributed by atoms with Crippen LogP contribution in [0.25, 0.3) is 11.5 Å². The first-order chi connectivity index (χ1) is 12.2. The van der Waals surface area contributed by atoms with Crippen LogP contribution in [-0.4, -0.2) is 21.9 Å². The van der Waals surface area contributed by atoms with Crippen LogP contribution in [0, 0.1) is 0 Å². The molecule has 0 radical (unpaired) electrons. The zero-order chi connectivity index (χ0) is 17.6. The number of hydrogen-bond donors (Lipinski definition) is 1. The summed E-state index contributed by atoms with van der Waals surface area (Å²) in [5, 5.41) is 11.3. The summed E-state index contributed by atoms with van der Waals surface area (Å²) in [4.78, 5) is 12.1. The van der Waals surface area contributed by atoms with Crippen molar-refractivity contribution < 1.29 is 9.21 Å². The van der Waals surface area contributed by atoms with Gasteiger partial charge in [-0.05, 0) is 52.2 Å². The Morgan fingerprint density at radius 2 is 2.04 bits per heavy atom. The lowest BCUT2D eigenvalue weighted by atomic mass is 10.1. The second kappa shape index (κ2) is 8.31. The van der Waals surface area contributed by atoms with E-state index in [1.54, 1.807) is 0 Å². The molecule has 0 spiro atoms. The molecule has 0 aliphatic carbocycles. The topological polar surface area (TPSA) is 68.0 Å². The van der Waals surface area contributed by atoms with E-state index >= 15 is 0 Å². The maximum absolute atomic E-state index is 12.1. The molecule has 1 amide bonds. The number of halogens is 1. The second-order valence-corrected chi connectivity index (χ2v) is 7.02. The van der Waals surface area contributed by atoms with E-state index in [1.165, 1.54) is 17.3 Å². The highest BCUT2D eigenvalue weighted by Crippen LogP contribution is 2.29. The summed E-state index contributed by atoms with van der Waals surface area (Å²) in [6.45, 7) is 2.08. The Balaban J connectivity index is 1.58. The summed E-state index contributed by atoms with van der Waals surface area (Å²) in [6.07, 6.45) is 0.929. The van der Waals surface area contributed by atoms with E-state index in [2.05, 4.69) is 38.4 Å². The predicted molar refractivity (Wildman–Crippen MR) is 103 cm³/mol. The molecule has 2 aromatic carbocycles. The molecule has 1 N–H and O–H groups in total. The molecule has 0 unspecified atom stereocenters. The van der Waals surface area contributed by atoms with Gasteiger partial charge in [-0.3, -0.25) is 4.79 Å². The molecule has 1 aromatic heterocycles. The molecule has 0 saturated carbocycles. The molecule has 0 bridgehead atoms. The first-order valence-electron chi connectivity index (χ1n) is 7.75. The Morgan fingerprint density at radius 1 is 1.20 bits per heavy atom. The fraction of sp³-hybridized carbons (Fsp3) is 0.167. The van der Waals surface area contributed by atoms with E-state index in [1.807, 2.05) is 48.5 Å². The zero-order valence-electron chi connectivity index (χ0n) is 13.5. The standard InChI is InChI=1S/C18H16BrN3O2S/c1-2-12-6-5-7-13(10-12)20-16(23)11-25-18-22-21-17(24-18)14-8-3-4-9-15(14)19/h3-10H,2,11H2,1H3,(H,20,23). The molecule has 0 saturated heterocycles. The number of rotatable bonds is 6. The van der Waals surface area contributed by atoms with Crippen molar-refractivity contribution in [2.24, 2.45) is 0 Å². The van der Waals surface area contributed by atoms with Crippen molar-refractivity contribution >= 4 is 39.3 Å². The van der Waals surface area contributed by atoms with Crippen molar-refractivity contribution in [3.63, 3.8) is 0 Å². The summed E-state index contributed by atoms with van der Waals surface area (Å²) in [5.41, 5.74) is 2.80. The smallest absolute Gasteiger partial charge is 0.277 e. The Labute approximate surface area is 158 Å². The van der Waals surface area contributed by atoms with Gasteiger partial charge in [-0.2, -0.15) is 0 Å². The number of benzene rings is 2. The SMILES string of the molecule is CCc1cccc(NC(=O)CSc2nnc(-c3ccccc3Br)o2)c1. The summed E-state index contributed by atoms with van der Waals surface area (Å²) in [7, 11) is 0. The fourth-order valence-electron chi connectivity index (χ4n) is 2.20. The average molecular weight is 418 g/mol. The van der Waals surface area contributed by atoms with E-state index in [0.29, 0.717) is 11.1 Å². The predicted octanol–water partition coefficient (Wildman–Crippen LogP) is 4.79. The number of carbonyl (C=O) groups excluding carboxylic acids is 1. The third kappa shape index (κ3) is 4.70. The summed E-state index contributed by atoms with van der Waals surface area (Å²) >= 11 is 4.67. The molecule has 7 heteroatoms. The van der Waals surface area contributed by atoms with Gasteiger partial charge in [-0.25, -0.2) is 0 Å². The molecular formula is C18H16BrN3O2S. The van der Waals surface area contributed by atoms with Gasteiger partial charge in [0.1, 0.15) is 0 Å². The van der Waals surface area contributed by atoms with Crippen molar-refractivity contribution in [2.45, 2.75) is 18.6 Å². The molecule has 3 aromatic rings. The number of anilines is 1. The first kappa shape index (κ1) is 17.7. The Hall–Kier alpha value is -2.12. The normalized spacial score (nSPS) is 10.6. The Morgan fingerprint density at radius 3 is 2.84 bits per heavy atom. The Kier molecular flexibility index (Phi) is 5.88. The van der Waals surface area contributed by atoms with E-state index in [0.717, 1.165) is 22.1 Å². The lowest BCUT2D eigenvalue weighted by Crippen LogP contribution is -2.14. The largest absolute Gasteiger partial charge is 0.411 e. The van der Waals surface area contributed by atoms with Gasteiger partial charge < -0.3 is 9.73 Å². The monoisotopic (exact) mass is 417 g/mol. The molecule has 0 fully saturated rings. The molecular weight excluding hydrogens is 402 g/mol. The van der Waals surface area contributed by atoms with Crippen LogP contribution in [0.3, 0.4) is 0 Å². The number of aromatic nitrogens is 2. The lowest BCUT2D eigenvalue weighted by molar-refractivity contribution is -0.113. The highest BCUT2D eigenvalue weighted by atomic mass is 79.9. The van der Waals surface area contributed by atoms with Crippen LogP contribution >= 0.6 is 27.7 Å². The maximum atomic E-state index is 12.1. The van der Waals surface area contributed by atoms with Gasteiger partial charge in [0, 0.05) is 10.2 Å². The number of nitrogens with one attached hydrogen (secondary N) is 1. The number of aryl methyl sites for hydroxylation is 1. The number of hydrogen-bond acceptors (Lipinski definition) is 5. The van der Waals surface area contributed by atoms with Crippen LogP contribution in [0.15, 0.2) is 62.6 Å². The molecule has 1 heterocycles. The highest BCUT2D eigenvalue weighted by Gasteiger charge is 2.13. The van der Waals surface area contributed by atoms with Gasteiger partial charge in [0.25, 0.3) is 5.22 Å². The van der Waals surface area contributed by atoms with E-state index in [4.69, 9.17) is 4.42 Å². The fourth-order valence-corrected chi connectivity index (χ4v) is 3.22. The number of carbonyl (C=O) groups is 1. The third-order valence-electron chi connectivity index (χ3n) is 3.46. The van der Waals surface area contributed by atoms with Crippen LogP contribution in [0.2, 0.25) is 0 Å². The summed E-state index contributed by atoms with van der Waals surface area (Å²) in [5.74, 6) is 0.512. The van der Waals surface area contributed by atoms with Crippen LogP contribution in [0.4, 0.5) is 5.69 Å². The minimum atomic E-state index is -0.112. The molecule has 5 nitrogen and oxygen atoms in total. The second-order valence-electron chi connectivity index (χ2n) is 5.24. The van der Waals surface area contributed by atoms with Crippen molar-refractivity contribution in [1.82, 2.24) is 10.2 Å². The summed E-state index contributed by atoms with van der Waals surface area (Å²) < 4.78 is 6.50. The van der Waals surface area contributed by atoms with Gasteiger partial charge >= 0.3 is 0 Å². The van der Waals surface area contributed by atoms with E-state index < -0.39 is 0 Å². The molecule has 3 rings (SSSR count). The highest BCUT2D eigenvalue weighted by molar-refractivity contribution is 9.10. The molecule has 128 valence electrons. The van der Waals surface area contributed by atoms with Crippen molar-refractivity contribution in [1.29, 1.82) is 0 Å². The van der Waals surface area contributed by atoms with Crippen molar-refractivity contribution in [2.75, 3.05) is 11.1 Å². The van der Waals surface area contributed by atoms with Gasteiger partial charge in [-0.15, -0.1) is 10.2 Å².